The number of hydrogen-bond donors (Lipinski definition) is 2. The first kappa shape index (κ1) is 21.9. The predicted molar refractivity (Wildman–Crippen MR) is 120 cm³/mol. The molecule has 0 radical (unpaired) electrons. The Bertz CT molecular complexity index is 1030. The third-order valence-electron chi connectivity index (χ3n) is 4.25. The summed E-state index contributed by atoms with van der Waals surface area (Å²) in [5.41, 5.74) is 2.29. The van der Waals surface area contributed by atoms with Gasteiger partial charge in [-0.1, -0.05) is 60.1 Å². The van der Waals surface area contributed by atoms with Gasteiger partial charge in [-0.15, -0.1) is 11.8 Å². The number of para-hydroxylation sites is 1. The summed E-state index contributed by atoms with van der Waals surface area (Å²) in [6, 6.07) is 20.9. The number of thioether (sulfide) groups is 1. The van der Waals surface area contributed by atoms with Crippen molar-refractivity contribution in [2.24, 2.45) is 0 Å². The van der Waals surface area contributed by atoms with Crippen LogP contribution in [0, 0.1) is 5.82 Å². The molecule has 0 aliphatic rings. The molecule has 0 fully saturated rings. The maximum atomic E-state index is 13.8. The Morgan fingerprint density at radius 1 is 0.967 bits per heavy atom. The molecular weight excluding hydrogens is 423 g/mol. The molecule has 0 unspecified atom stereocenters. The summed E-state index contributed by atoms with van der Waals surface area (Å²) >= 11 is 7.03. The van der Waals surface area contributed by atoms with Crippen LogP contribution in [0.15, 0.2) is 72.8 Å². The first-order chi connectivity index (χ1) is 14.5. The van der Waals surface area contributed by atoms with E-state index < -0.39 is 5.82 Å². The molecule has 0 atom stereocenters. The van der Waals surface area contributed by atoms with E-state index in [1.807, 2.05) is 30.3 Å². The van der Waals surface area contributed by atoms with Crippen LogP contribution < -0.4 is 10.6 Å². The fraction of sp³-hybridized carbons (Fsp3) is 0.130. The Morgan fingerprint density at radius 2 is 1.70 bits per heavy atom. The van der Waals surface area contributed by atoms with Gasteiger partial charge in [-0.05, 0) is 35.4 Å². The van der Waals surface area contributed by atoms with E-state index in [4.69, 9.17) is 11.6 Å². The average molecular weight is 443 g/mol. The van der Waals surface area contributed by atoms with Crippen LogP contribution in [0.3, 0.4) is 0 Å². The van der Waals surface area contributed by atoms with Crippen molar-refractivity contribution in [3.63, 3.8) is 0 Å². The Morgan fingerprint density at radius 3 is 2.47 bits per heavy atom. The lowest BCUT2D eigenvalue weighted by molar-refractivity contribution is -0.113. The SMILES string of the molecule is O=C(CSCc1ccc(Cl)cc1F)Nc1ccccc1C(=O)NCc1ccccc1. The molecule has 7 heteroatoms. The summed E-state index contributed by atoms with van der Waals surface area (Å²) in [4.78, 5) is 24.9. The van der Waals surface area contributed by atoms with Gasteiger partial charge >= 0.3 is 0 Å². The van der Waals surface area contributed by atoms with Crippen LogP contribution in [0.5, 0.6) is 0 Å². The van der Waals surface area contributed by atoms with Gasteiger partial charge in [0.05, 0.1) is 17.0 Å². The number of carbonyl (C=O) groups is 2. The number of carbonyl (C=O) groups excluding carboxylic acids is 2. The number of amides is 2. The smallest absolute Gasteiger partial charge is 0.253 e. The highest BCUT2D eigenvalue weighted by Gasteiger charge is 2.13. The van der Waals surface area contributed by atoms with Crippen molar-refractivity contribution in [2.45, 2.75) is 12.3 Å². The van der Waals surface area contributed by atoms with Gasteiger partial charge in [-0.2, -0.15) is 0 Å². The number of halogens is 2. The van der Waals surface area contributed by atoms with E-state index in [1.54, 1.807) is 36.4 Å². The standard InChI is InChI=1S/C23H20ClFN2O2S/c24-18-11-10-17(20(25)12-18)14-30-15-22(28)27-21-9-5-4-8-19(21)23(29)26-13-16-6-2-1-3-7-16/h1-12H,13-15H2,(H,26,29)(H,27,28). The lowest BCUT2D eigenvalue weighted by atomic mass is 10.1. The second-order valence-electron chi connectivity index (χ2n) is 6.49. The average Bonchev–Trinajstić information content (AvgIpc) is 2.75. The van der Waals surface area contributed by atoms with Gasteiger partial charge in [0.15, 0.2) is 0 Å². The first-order valence-corrected chi connectivity index (χ1v) is 10.8. The summed E-state index contributed by atoms with van der Waals surface area (Å²) in [5, 5.41) is 5.95. The number of anilines is 1. The molecule has 0 aliphatic heterocycles. The molecule has 3 aromatic rings. The minimum absolute atomic E-state index is 0.127. The van der Waals surface area contributed by atoms with Crippen molar-refractivity contribution >= 4 is 40.9 Å². The van der Waals surface area contributed by atoms with Gasteiger partial charge in [0.1, 0.15) is 5.82 Å². The van der Waals surface area contributed by atoms with Crippen molar-refractivity contribution in [2.75, 3.05) is 11.1 Å². The maximum absolute atomic E-state index is 13.8. The highest BCUT2D eigenvalue weighted by Crippen LogP contribution is 2.20. The quantitative estimate of drug-likeness (QED) is 0.499. The van der Waals surface area contributed by atoms with Gasteiger partial charge in [0, 0.05) is 17.3 Å². The van der Waals surface area contributed by atoms with E-state index in [9.17, 15) is 14.0 Å². The third-order valence-corrected chi connectivity index (χ3v) is 5.46. The van der Waals surface area contributed by atoms with Gasteiger partial charge < -0.3 is 10.6 Å². The van der Waals surface area contributed by atoms with E-state index in [2.05, 4.69) is 10.6 Å². The monoisotopic (exact) mass is 442 g/mol. The minimum Gasteiger partial charge on any atom is -0.348 e. The second-order valence-corrected chi connectivity index (χ2v) is 7.91. The largest absolute Gasteiger partial charge is 0.348 e. The van der Waals surface area contributed by atoms with Crippen LogP contribution in [0.1, 0.15) is 21.5 Å². The first-order valence-electron chi connectivity index (χ1n) is 9.25. The van der Waals surface area contributed by atoms with Crippen molar-refractivity contribution in [3.8, 4) is 0 Å². The zero-order valence-electron chi connectivity index (χ0n) is 16.0. The highest BCUT2D eigenvalue weighted by atomic mass is 35.5. The number of rotatable bonds is 8. The molecule has 0 bridgehead atoms. The zero-order chi connectivity index (χ0) is 21.3. The molecule has 2 amide bonds. The Balaban J connectivity index is 1.54. The fourth-order valence-electron chi connectivity index (χ4n) is 2.74. The minimum atomic E-state index is -0.393. The summed E-state index contributed by atoms with van der Waals surface area (Å²) in [6.45, 7) is 0.393. The molecule has 0 spiro atoms. The summed E-state index contributed by atoms with van der Waals surface area (Å²) < 4.78 is 13.8. The summed E-state index contributed by atoms with van der Waals surface area (Å²) in [5.74, 6) is -0.461. The van der Waals surface area contributed by atoms with Crippen molar-refractivity contribution < 1.29 is 14.0 Å². The number of hydrogen-bond acceptors (Lipinski definition) is 3. The molecule has 0 saturated carbocycles. The molecule has 30 heavy (non-hydrogen) atoms. The van der Waals surface area contributed by atoms with Crippen LogP contribution in [0.4, 0.5) is 10.1 Å². The van der Waals surface area contributed by atoms with Crippen LogP contribution in [0.2, 0.25) is 5.02 Å². The lowest BCUT2D eigenvalue weighted by Crippen LogP contribution is -2.25. The van der Waals surface area contributed by atoms with E-state index in [-0.39, 0.29) is 17.6 Å². The van der Waals surface area contributed by atoms with Crippen LogP contribution in [-0.2, 0) is 17.1 Å². The van der Waals surface area contributed by atoms with Gasteiger partial charge in [-0.25, -0.2) is 4.39 Å². The van der Waals surface area contributed by atoms with Crippen molar-refractivity contribution in [1.29, 1.82) is 0 Å². The Kier molecular flexibility index (Phi) is 7.88. The van der Waals surface area contributed by atoms with Crippen molar-refractivity contribution in [1.82, 2.24) is 5.32 Å². The van der Waals surface area contributed by atoms with E-state index in [0.717, 1.165) is 5.56 Å². The Hall–Kier alpha value is -2.83. The van der Waals surface area contributed by atoms with Crippen molar-refractivity contribution in [3.05, 3.63) is 100 Å². The molecule has 2 N–H and O–H groups in total. The molecule has 154 valence electrons. The zero-order valence-corrected chi connectivity index (χ0v) is 17.6. The van der Waals surface area contributed by atoms with Crippen LogP contribution >= 0.6 is 23.4 Å². The third kappa shape index (κ3) is 6.34. The number of nitrogens with one attached hydrogen (secondary N) is 2. The van der Waals surface area contributed by atoms with Gasteiger partial charge in [0.2, 0.25) is 5.91 Å². The summed E-state index contributed by atoms with van der Waals surface area (Å²) in [6.07, 6.45) is 0. The molecule has 3 aromatic carbocycles. The molecular formula is C23H20ClFN2O2S. The molecule has 0 saturated heterocycles. The van der Waals surface area contributed by atoms with E-state index in [0.29, 0.717) is 34.1 Å². The molecule has 0 aliphatic carbocycles. The fourth-order valence-corrected chi connectivity index (χ4v) is 3.71. The van der Waals surface area contributed by atoms with Gasteiger partial charge in [-0.3, -0.25) is 9.59 Å². The van der Waals surface area contributed by atoms with E-state index >= 15 is 0 Å². The predicted octanol–water partition coefficient (Wildman–Crippen LogP) is 5.28. The van der Waals surface area contributed by atoms with E-state index in [1.165, 1.54) is 17.8 Å². The topological polar surface area (TPSA) is 58.2 Å². The Labute approximate surface area is 183 Å². The molecule has 0 aromatic heterocycles. The number of benzene rings is 3. The molecule has 0 heterocycles. The lowest BCUT2D eigenvalue weighted by Gasteiger charge is -2.12. The highest BCUT2D eigenvalue weighted by molar-refractivity contribution is 7.99. The van der Waals surface area contributed by atoms with Crippen LogP contribution in [-0.4, -0.2) is 17.6 Å². The summed E-state index contributed by atoms with van der Waals surface area (Å²) in [7, 11) is 0. The molecule has 3 rings (SSSR count). The van der Waals surface area contributed by atoms with Gasteiger partial charge in [0.25, 0.3) is 5.91 Å². The molecule has 4 nitrogen and oxygen atoms in total. The second kappa shape index (κ2) is 10.8. The maximum Gasteiger partial charge on any atom is 0.253 e. The normalized spacial score (nSPS) is 10.5. The van der Waals surface area contributed by atoms with Crippen LogP contribution in [0.25, 0.3) is 0 Å².